The average molecular weight is 292 g/mol. The van der Waals surface area contributed by atoms with Crippen LogP contribution in [-0.4, -0.2) is 15.1 Å². The molecule has 0 radical (unpaired) electrons. The third kappa shape index (κ3) is 4.06. The van der Waals surface area contributed by atoms with Gasteiger partial charge in [-0.25, -0.2) is 9.97 Å². The second-order valence-electron chi connectivity index (χ2n) is 3.13. The Balaban J connectivity index is 0.000000160. The van der Waals surface area contributed by atoms with E-state index in [-0.39, 0.29) is 5.88 Å². The van der Waals surface area contributed by atoms with Crippen LogP contribution in [0.3, 0.4) is 0 Å². The van der Waals surface area contributed by atoms with E-state index in [0.717, 1.165) is 20.1 Å². The normalized spacial score (nSPS) is 9.81. The zero-order valence-electron chi connectivity index (χ0n) is 9.31. The van der Waals surface area contributed by atoms with E-state index in [9.17, 15) is 0 Å². The van der Waals surface area contributed by atoms with Crippen molar-refractivity contribution in [2.24, 2.45) is 0 Å². The minimum absolute atomic E-state index is 0.153. The minimum atomic E-state index is 0.153. The van der Waals surface area contributed by atoms with Gasteiger partial charge in [0.25, 0.3) is 0 Å². The molecule has 88 valence electrons. The largest absolute Gasteiger partial charge is 0.492 e. The Morgan fingerprint density at radius 1 is 0.938 bits per heavy atom. The number of aromatic hydroxyl groups is 1. The molecule has 7 heteroatoms. The number of nitrogens with zero attached hydrogens (tertiary/aromatic N) is 2. The highest BCUT2D eigenvalue weighted by Crippen LogP contribution is 2.16. The van der Waals surface area contributed by atoms with E-state index in [4.69, 9.17) is 5.11 Å². The van der Waals surface area contributed by atoms with Gasteiger partial charge >= 0.3 is 0 Å². The van der Waals surface area contributed by atoms with E-state index >= 15 is 0 Å². The number of thiazole rings is 2. The van der Waals surface area contributed by atoms with E-state index in [1.54, 1.807) is 11.3 Å². The highest BCUT2D eigenvalue weighted by molar-refractivity contribution is 7.43. The van der Waals surface area contributed by atoms with Crippen molar-refractivity contribution >= 4 is 50.7 Å². The van der Waals surface area contributed by atoms with E-state index in [0.29, 0.717) is 0 Å². The fourth-order valence-electron chi connectivity index (χ4n) is 0.906. The molecule has 0 saturated carbocycles. The fraction of sp³-hybridized carbons (Fsp3) is 0.333. The lowest BCUT2D eigenvalue weighted by Gasteiger charge is -1.77. The summed E-state index contributed by atoms with van der Waals surface area (Å²) in [4.78, 5) is 10.1. The smallest absolute Gasteiger partial charge is 0.225 e. The third-order valence-electron chi connectivity index (χ3n) is 1.83. The Morgan fingerprint density at radius 3 is 1.56 bits per heavy atom. The van der Waals surface area contributed by atoms with Crippen LogP contribution in [0.1, 0.15) is 15.4 Å². The first-order chi connectivity index (χ1) is 7.40. The van der Waals surface area contributed by atoms with Gasteiger partial charge in [-0.1, -0.05) is 18.5 Å². The van der Waals surface area contributed by atoms with Gasteiger partial charge in [-0.2, -0.15) is 0 Å². The molecule has 2 aromatic heterocycles. The number of aromatic nitrogens is 2. The summed E-state index contributed by atoms with van der Waals surface area (Å²) >= 11 is 3.19. The molecule has 0 fully saturated rings. The predicted molar refractivity (Wildman–Crippen MR) is 78.8 cm³/mol. The molecule has 16 heavy (non-hydrogen) atoms. The Hall–Kier alpha value is -0.0800. The molecule has 0 aromatic carbocycles. The van der Waals surface area contributed by atoms with Gasteiger partial charge in [-0.15, -0.1) is 22.7 Å². The summed E-state index contributed by atoms with van der Waals surface area (Å²) in [6.45, 7) is 5.94. The summed E-state index contributed by atoms with van der Waals surface area (Å²) in [5.41, 5.74) is 1.15. The molecular weight excluding hydrogens is 278 g/mol. The van der Waals surface area contributed by atoms with Gasteiger partial charge in [-0.3, -0.25) is 0 Å². The second-order valence-corrected chi connectivity index (χ2v) is 7.53. The van der Waals surface area contributed by atoms with E-state index < -0.39 is 0 Å². The molecule has 0 aliphatic heterocycles. The number of hydrogen-bond donors (Lipinski definition) is 1. The molecule has 2 unspecified atom stereocenters. The molecule has 2 heterocycles. The van der Waals surface area contributed by atoms with Crippen LogP contribution in [0.2, 0.25) is 0 Å². The van der Waals surface area contributed by atoms with Gasteiger partial charge in [0.15, 0.2) is 0 Å². The van der Waals surface area contributed by atoms with Crippen molar-refractivity contribution in [1.29, 1.82) is 0 Å². The minimum Gasteiger partial charge on any atom is -0.492 e. The number of aryl methyl sites for hydroxylation is 3. The average Bonchev–Trinajstić information content (AvgIpc) is 2.58. The molecule has 2 atom stereocenters. The van der Waals surface area contributed by atoms with Crippen molar-refractivity contribution in [3.8, 4) is 5.88 Å². The monoisotopic (exact) mass is 292 g/mol. The molecule has 2 aromatic rings. The quantitative estimate of drug-likeness (QED) is 0.755. The van der Waals surface area contributed by atoms with Crippen LogP contribution < -0.4 is 9.50 Å². The highest BCUT2D eigenvalue weighted by atomic mass is 32.1. The van der Waals surface area contributed by atoms with Crippen LogP contribution in [0.15, 0.2) is 0 Å². The van der Waals surface area contributed by atoms with Crippen LogP contribution in [-0.2, 0) is 0 Å². The summed E-state index contributed by atoms with van der Waals surface area (Å²) in [6.07, 6.45) is 0. The molecule has 2 rings (SSSR count). The first-order valence-electron chi connectivity index (χ1n) is 4.51. The lowest BCUT2D eigenvalue weighted by atomic mass is 10.4. The molecule has 1 N–H and O–H groups in total. The number of rotatable bonds is 0. The van der Waals surface area contributed by atoms with Crippen LogP contribution >= 0.6 is 41.2 Å². The highest BCUT2D eigenvalue weighted by Gasteiger charge is 1.99. The first kappa shape index (κ1) is 14.0. The standard InChI is InChI=1S/C5H8NPS.C4H6NOPS/c1-3-4(2)8-5(7)6-3;1-2-3(6)5-4(7)8-2/h7H2,1-2H3;6H,7H2,1H3. The van der Waals surface area contributed by atoms with Crippen molar-refractivity contribution in [2.75, 3.05) is 0 Å². The maximum Gasteiger partial charge on any atom is 0.225 e. The van der Waals surface area contributed by atoms with Crippen molar-refractivity contribution in [3.63, 3.8) is 0 Å². The maximum atomic E-state index is 8.83. The third-order valence-corrected chi connectivity index (χ3v) is 4.49. The van der Waals surface area contributed by atoms with Gasteiger partial charge in [0.2, 0.25) is 5.88 Å². The zero-order chi connectivity index (χ0) is 12.3. The van der Waals surface area contributed by atoms with Crippen LogP contribution in [0.5, 0.6) is 5.88 Å². The Labute approximate surface area is 108 Å². The van der Waals surface area contributed by atoms with Crippen molar-refractivity contribution in [3.05, 3.63) is 15.4 Å². The lowest BCUT2D eigenvalue weighted by Crippen LogP contribution is -1.83. The van der Waals surface area contributed by atoms with E-state index in [1.165, 1.54) is 16.2 Å². The van der Waals surface area contributed by atoms with Crippen molar-refractivity contribution in [1.82, 2.24) is 9.97 Å². The fourth-order valence-corrected chi connectivity index (χ4v) is 3.55. The Kier molecular flexibility index (Phi) is 5.26. The Morgan fingerprint density at radius 2 is 1.44 bits per heavy atom. The summed E-state index contributed by atoms with van der Waals surface area (Å²) in [6, 6.07) is 0. The SMILES string of the molecule is Cc1nc(P)sc1C.Cc1sc(P)nc1O. The predicted octanol–water partition coefficient (Wildman–Crippen LogP) is 1.92. The first-order valence-corrected chi connectivity index (χ1v) is 7.30. The zero-order valence-corrected chi connectivity index (χ0v) is 13.3. The van der Waals surface area contributed by atoms with Crippen LogP contribution in [0.25, 0.3) is 0 Å². The molecule has 0 bridgehead atoms. The molecule has 0 saturated heterocycles. The van der Waals surface area contributed by atoms with Crippen molar-refractivity contribution < 1.29 is 5.11 Å². The molecule has 0 aliphatic carbocycles. The van der Waals surface area contributed by atoms with E-state index in [2.05, 4.69) is 35.4 Å². The molecule has 3 nitrogen and oxygen atoms in total. The molecular formula is C9H14N2OP2S2. The molecule has 0 amide bonds. The van der Waals surface area contributed by atoms with Gasteiger partial charge in [0, 0.05) is 4.88 Å². The van der Waals surface area contributed by atoms with E-state index in [1.807, 2.05) is 13.8 Å². The molecule has 0 aliphatic rings. The van der Waals surface area contributed by atoms with Crippen LogP contribution in [0, 0.1) is 20.8 Å². The summed E-state index contributed by atoms with van der Waals surface area (Å²) in [5, 5.41) is 8.83. The summed E-state index contributed by atoms with van der Waals surface area (Å²) in [7, 11) is 5.02. The van der Waals surface area contributed by atoms with Gasteiger partial charge in [0.05, 0.1) is 10.6 Å². The summed E-state index contributed by atoms with van der Waals surface area (Å²) < 4.78 is 1.92. The summed E-state index contributed by atoms with van der Waals surface area (Å²) in [5.74, 6) is 0.153. The van der Waals surface area contributed by atoms with Gasteiger partial charge < -0.3 is 5.11 Å². The number of hydrogen-bond acceptors (Lipinski definition) is 5. The van der Waals surface area contributed by atoms with Crippen LogP contribution in [0.4, 0.5) is 0 Å². The maximum absolute atomic E-state index is 8.83. The van der Waals surface area contributed by atoms with Gasteiger partial charge in [-0.05, 0) is 20.8 Å². The second kappa shape index (κ2) is 6.02. The topological polar surface area (TPSA) is 46.0 Å². The lowest BCUT2D eigenvalue weighted by molar-refractivity contribution is 0.455. The van der Waals surface area contributed by atoms with Crippen molar-refractivity contribution in [2.45, 2.75) is 20.8 Å². The Bertz CT molecular complexity index is 399. The van der Waals surface area contributed by atoms with Gasteiger partial charge in [0.1, 0.15) is 9.50 Å². The molecule has 0 spiro atoms.